The monoisotopic (exact) mass is 497 g/mol. The van der Waals surface area contributed by atoms with Crippen molar-refractivity contribution < 1.29 is 18.7 Å². The first-order chi connectivity index (χ1) is 18.1. The molecular weight excluding hydrogens is 470 g/mol. The average Bonchev–Trinajstić information content (AvgIpc) is 3.57. The zero-order valence-corrected chi connectivity index (χ0v) is 20.6. The number of pyridine rings is 1. The molecule has 8 nitrogen and oxygen atoms in total. The smallest absolute Gasteiger partial charge is 0.287 e. The number of benzene rings is 2. The van der Waals surface area contributed by atoms with E-state index in [1.165, 1.54) is 10.6 Å². The van der Waals surface area contributed by atoms with E-state index in [9.17, 15) is 9.59 Å². The second-order valence-corrected chi connectivity index (χ2v) is 8.57. The molecule has 5 rings (SSSR count). The summed E-state index contributed by atoms with van der Waals surface area (Å²) in [5.74, 6) is 1.34. The van der Waals surface area contributed by atoms with Gasteiger partial charge in [0.2, 0.25) is 0 Å². The van der Waals surface area contributed by atoms with Gasteiger partial charge in [0, 0.05) is 47.4 Å². The lowest BCUT2D eigenvalue weighted by atomic mass is 9.89. The fourth-order valence-electron chi connectivity index (χ4n) is 4.58. The van der Waals surface area contributed by atoms with E-state index in [2.05, 4.69) is 10.3 Å². The maximum Gasteiger partial charge on any atom is 0.287 e. The highest BCUT2D eigenvalue weighted by atomic mass is 16.5. The summed E-state index contributed by atoms with van der Waals surface area (Å²) in [5, 5.41) is 4.07. The van der Waals surface area contributed by atoms with E-state index in [0.29, 0.717) is 23.8 Å². The second kappa shape index (κ2) is 10.5. The molecule has 37 heavy (non-hydrogen) atoms. The van der Waals surface area contributed by atoms with Gasteiger partial charge in [-0.2, -0.15) is 0 Å². The van der Waals surface area contributed by atoms with Crippen LogP contribution in [0, 0.1) is 0 Å². The van der Waals surface area contributed by atoms with Crippen molar-refractivity contribution in [3.05, 3.63) is 118 Å². The van der Waals surface area contributed by atoms with Gasteiger partial charge in [-0.25, -0.2) is 0 Å². The Morgan fingerprint density at radius 2 is 1.81 bits per heavy atom. The quantitative estimate of drug-likeness (QED) is 0.311. The minimum atomic E-state index is -0.349. The van der Waals surface area contributed by atoms with E-state index in [1.54, 1.807) is 44.7 Å². The van der Waals surface area contributed by atoms with Crippen molar-refractivity contribution in [2.75, 3.05) is 20.8 Å². The lowest BCUT2D eigenvalue weighted by Crippen LogP contribution is -2.28. The molecule has 188 valence electrons. The summed E-state index contributed by atoms with van der Waals surface area (Å²) in [6.07, 6.45) is 3.64. The van der Waals surface area contributed by atoms with Crippen LogP contribution in [0.1, 0.15) is 33.4 Å². The molecule has 3 heterocycles. The molecule has 0 fully saturated rings. The number of rotatable bonds is 9. The van der Waals surface area contributed by atoms with Crippen LogP contribution in [-0.4, -0.2) is 36.2 Å². The molecule has 0 spiro atoms. The number of carbonyl (C=O) groups is 1. The standard InChI is InChI=1S/C29H27N3O5/c1-35-25-11-7-9-21(28(25)36-2)23(22-16-30-24-10-4-3-8-20(22)24)17-31-29(34)26-14-13-19(37-26)18-32-15-6-5-12-27(32)33/h3-16,23,30H,17-18H2,1-2H3,(H,31,34). The Hall–Kier alpha value is -4.72. The molecule has 3 aromatic heterocycles. The predicted octanol–water partition coefficient (Wildman–Crippen LogP) is 4.55. The fourth-order valence-corrected chi connectivity index (χ4v) is 4.58. The van der Waals surface area contributed by atoms with E-state index in [4.69, 9.17) is 13.9 Å². The first kappa shape index (κ1) is 24.0. The van der Waals surface area contributed by atoms with Crippen LogP contribution in [0.3, 0.4) is 0 Å². The molecule has 1 atom stereocenters. The first-order valence-electron chi connectivity index (χ1n) is 11.9. The van der Waals surface area contributed by atoms with Crippen molar-refractivity contribution in [2.45, 2.75) is 12.5 Å². The normalized spacial score (nSPS) is 11.8. The van der Waals surface area contributed by atoms with Crippen LogP contribution in [0.15, 0.2) is 94.4 Å². The van der Waals surface area contributed by atoms with Crippen LogP contribution in [-0.2, 0) is 6.54 Å². The molecule has 2 aromatic carbocycles. The molecule has 0 radical (unpaired) electrons. The molecule has 5 aromatic rings. The van der Waals surface area contributed by atoms with Crippen molar-refractivity contribution in [3.63, 3.8) is 0 Å². The number of furan rings is 1. The molecule has 1 unspecified atom stereocenters. The van der Waals surface area contributed by atoms with Gasteiger partial charge in [0.15, 0.2) is 17.3 Å². The number of para-hydroxylation sites is 2. The summed E-state index contributed by atoms with van der Waals surface area (Å²) in [5.41, 5.74) is 2.77. The van der Waals surface area contributed by atoms with Crippen molar-refractivity contribution in [1.29, 1.82) is 0 Å². The van der Waals surface area contributed by atoms with Gasteiger partial charge in [-0.1, -0.05) is 36.4 Å². The maximum absolute atomic E-state index is 13.1. The molecule has 0 aliphatic heterocycles. The van der Waals surface area contributed by atoms with Crippen molar-refractivity contribution >= 4 is 16.8 Å². The van der Waals surface area contributed by atoms with Crippen LogP contribution < -0.4 is 20.3 Å². The molecule has 0 aliphatic carbocycles. The Morgan fingerprint density at radius 1 is 0.973 bits per heavy atom. The number of aromatic amines is 1. The molecule has 1 amide bonds. The Labute approximate surface area is 213 Å². The number of methoxy groups -OCH3 is 2. The summed E-state index contributed by atoms with van der Waals surface area (Å²) in [4.78, 5) is 28.4. The number of H-pyrrole nitrogens is 1. The van der Waals surface area contributed by atoms with E-state index in [1.807, 2.05) is 48.7 Å². The lowest BCUT2D eigenvalue weighted by molar-refractivity contribution is 0.0922. The fraction of sp³-hybridized carbons (Fsp3) is 0.172. The van der Waals surface area contributed by atoms with Gasteiger partial charge in [0.1, 0.15) is 5.76 Å². The largest absolute Gasteiger partial charge is 0.493 e. The number of ether oxygens (including phenoxy) is 2. The summed E-state index contributed by atoms with van der Waals surface area (Å²) < 4.78 is 18.5. The number of fused-ring (bicyclic) bond motifs is 1. The van der Waals surface area contributed by atoms with Gasteiger partial charge >= 0.3 is 0 Å². The number of nitrogens with zero attached hydrogens (tertiary/aromatic N) is 1. The highest BCUT2D eigenvalue weighted by Gasteiger charge is 2.25. The second-order valence-electron chi connectivity index (χ2n) is 8.57. The van der Waals surface area contributed by atoms with Gasteiger partial charge in [0.05, 0.1) is 20.8 Å². The molecule has 0 saturated heterocycles. The van der Waals surface area contributed by atoms with Crippen molar-refractivity contribution in [2.24, 2.45) is 0 Å². The van der Waals surface area contributed by atoms with E-state index >= 15 is 0 Å². The number of aromatic nitrogens is 2. The third kappa shape index (κ3) is 4.86. The Kier molecular flexibility index (Phi) is 6.81. The highest BCUT2D eigenvalue weighted by Crippen LogP contribution is 2.40. The van der Waals surface area contributed by atoms with Crippen molar-refractivity contribution in [1.82, 2.24) is 14.9 Å². The molecule has 2 N–H and O–H groups in total. The number of carbonyl (C=O) groups excluding carboxylic acids is 1. The van der Waals surface area contributed by atoms with Crippen LogP contribution in [0.25, 0.3) is 10.9 Å². The highest BCUT2D eigenvalue weighted by molar-refractivity contribution is 5.91. The van der Waals surface area contributed by atoms with E-state index < -0.39 is 0 Å². The van der Waals surface area contributed by atoms with E-state index in [0.717, 1.165) is 22.0 Å². The van der Waals surface area contributed by atoms with Gasteiger partial charge < -0.3 is 28.8 Å². The van der Waals surface area contributed by atoms with Gasteiger partial charge in [0.25, 0.3) is 11.5 Å². The van der Waals surface area contributed by atoms with Crippen LogP contribution in [0.5, 0.6) is 11.5 Å². The van der Waals surface area contributed by atoms with Crippen LogP contribution in [0.4, 0.5) is 0 Å². The number of hydrogen-bond donors (Lipinski definition) is 2. The van der Waals surface area contributed by atoms with Crippen LogP contribution >= 0.6 is 0 Å². The Balaban J connectivity index is 1.42. The lowest BCUT2D eigenvalue weighted by Gasteiger charge is -2.21. The van der Waals surface area contributed by atoms with Gasteiger partial charge in [-0.3, -0.25) is 9.59 Å². The maximum atomic E-state index is 13.1. The summed E-state index contributed by atoms with van der Waals surface area (Å²) in [6, 6.07) is 22.0. The molecular formula is C29H27N3O5. The number of nitrogens with one attached hydrogen (secondary N) is 2. The predicted molar refractivity (Wildman–Crippen MR) is 141 cm³/mol. The van der Waals surface area contributed by atoms with Gasteiger partial charge in [-0.15, -0.1) is 0 Å². The first-order valence-corrected chi connectivity index (χ1v) is 11.9. The molecule has 8 heteroatoms. The Bertz CT molecular complexity index is 1600. The number of hydrogen-bond acceptors (Lipinski definition) is 5. The average molecular weight is 498 g/mol. The summed E-state index contributed by atoms with van der Waals surface area (Å²) in [7, 11) is 3.21. The third-order valence-corrected chi connectivity index (χ3v) is 6.38. The zero-order chi connectivity index (χ0) is 25.8. The minimum Gasteiger partial charge on any atom is -0.493 e. The van der Waals surface area contributed by atoms with Crippen molar-refractivity contribution in [3.8, 4) is 11.5 Å². The minimum absolute atomic E-state index is 0.140. The molecule has 0 saturated carbocycles. The third-order valence-electron chi connectivity index (χ3n) is 6.38. The van der Waals surface area contributed by atoms with E-state index in [-0.39, 0.29) is 29.7 Å². The van der Waals surface area contributed by atoms with Gasteiger partial charge in [-0.05, 0) is 35.9 Å². The van der Waals surface area contributed by atoms with Crippen LogP contribution in [0.2, 0.25) is 0 Å². The number of amides is 1. The topological polar surface area (TPSA) is 98.5 Å². The summed E-state index contributed by atoms with van der Waals surface area (Å²) >= 11 is 0. The molecule has 0 aliphatic rings. The zero-order valence-electron chi connectivity index (χ0n) is 20.6. The SMILES string of the molecule is COc1cccc(C(CNC(=O)c2ccc(Cn3ccccc3=O)o2)c2c[nH]c3ccccc23)c1OC. The summed E-state index contributed by atoms with van der Waals surface area (Å²) in [6.45, 7) is 0.532. The Morgan fingerprint density at radius 3 is 2.62 bits per heavy atom. The molecule has 0 bridgehead atoms.